The maximum Gasteiger partial charge on any atom is 0.138 e. The van der Waals surface area contributed by atoms with Crippen LogP contribution in [0.3, 0.4) is 0 Å². The van der Waals surface area contributed by atoms with Crippen molar-refractivity contribution in [2.45, 2.75) is 13.3 Å². The van der Waals surface area contributed by atoms with Crippen molar-refractivity contribution in [3.63, 3.8) is 0 Å². The van der Waals surface area contributed by atoms with E-state index < -0.39 is 0 Å². The number of aromatic nitrogens is 2. The fraction of sp³-hybridized carbons (Fsp3) is 0.238. The van der Waals surface area contributed by atoms with E-state index in [0.717, 1.165) is 36.1 Å². The molecule has 0 bridgehead atoms. The number of fused-ring (bicyclic) bond motifs is 1. The molecule has 0 amide bonds. The number of hydrogen-bond acceptors (Lipinski definition) is 5. The van der Waals surface area contributed by atoms with Crippen molar-refractivity contribution in [1.82, 2.24) is 9.97 Å². The van der Waals surface area contributed by atoms with Gasteiger partial charge >= 0.3 is 0 Å². The number of aryl methyl sites for hydroxylation is 1. The zero-order valence-electron chi connectivity index (χ0n) is 15.4. The van der Waals surface area contributed by atoms with Crippen LogP contribution >= 0.6 is 0 Å². The molecule has 1 aliphatic heterocycles. The Kier molecular flexibility index (Phi) is 4.21. The van der Waals surface area contributed by atoms with Gasteiger partial charge in [-0.1, -0.05) is 18.2 Å². The first kappa shape index (κ1) is 16.4. The maximum absolute atomic E-state index is 4.66. The molecule has 5 heteroatoms. The number of para-hydroxylation sites is 1. The molecule has 132 valence electrons. The first-order valence-electron chi connectivity index (χ1n) is 8.86. The summed E-state index contributed by atoms with van der Waals surface area (Å²) in [5.41, 5.74) is 4.80. The Morgan fingerprint density at radius 3 is 2.54 bits per heavy atom. The monoisotopic (exact) mass is 345 g/mol. The highest BCUT2D eigenvalue weighted by molar-refractivity contribution is 5.70. The molecule has 2 aromatic carbocycles. The Bertz CT molecular complexity index is 918. The number of benzene rings is 2. The molecule has 4 rings (SSSR count). The second-order valence-corrected chi connectivity index (χ2v) is 6.76. The molecule has 2 heterocycles. The fourth-order valence-electron chi connectivity index (χ4n) is 3.32. The normalized spacial score (nSPS) is 12.8. The van der Waals surface area contributed by atoms with Crippen LogP contribution in [0.4, 0.5) is 28.7 Å². The summed E-state index contributed by atoms with van der Waals surface area (Å²) in [7, 11) is 4.08. The Labute approximate surface area is 154 Å². The lowest BCUT2D eigenvalue weighted by Crippen LogP contribution is -2.16. The molecule has 0 unspecified atom stereocenters. The van der Waals surface area contributed by atoms with Crippen molar-refractivity contribution in [3.05, 3.63) is 66.0 Å². The predicted octanol–water partition coefficient (Wildman–Crippen LogP) is 4.29. The third-order valence-corrected chi connectivity index (χ3v) is 4.64. The minimum atomic E-state index is 0.763. The number of hydrogen-bond donors (Lipinski definition) is 1. The lowest BCUT2D eigenvalue weighted by molar-refractivity contribution is 0.947. The zero-order valence-corrected chi connectivity index (χ0v) is 15.4. The van der Waals surface area contributed by atoms with Crippen LogP contribution in [0.5, 0.6) is 0 Å². The number of nitrogens with one attached hydrogen (secondary N) is 1. The highest BCUT2D eigenvalue weighted by Gasteiger charge is 2.21. The average Bonchev–Trinajstić information content (AvgIpc) is 3.06. The van der Waals surface area contributed by atoms with E-state index in [1.165, 1.54) is 16.9 Å². The van der Waals surface area contributed by atoms with Gasteiger partial charge in [0.2, 0.25) is 0 Å². The number of anilines is 5. The largest absolute Gasteiger partial charge is 0.378 e. The van der Waals surface area contributed by atoms with Gasteiger partial charge in [-0.05, 0) is 49.2 Å². The molecule has 26 heavy (non-hydrogen) atoms. The van der Waals surface area contributed by atoms with Crippen LogP contribution in [0.15, 0.2) is 54.6 Å². The summed E-state index contributed by atoms with van der Waals surface area (Å²) in [6.07, 6.45) is 1.05. The van der Waals surface area contributed by atoms with Gasteiger partial charge in [0.1, 0.15) is 17.5 Å². The van der Waals surface area contributed by atoms with E-state index in [1.54, 1.807) is 0 Å². The highest BCUT2D eigenvalue weighted by Crippen LogP contribution is 2.34. The van der Waals surface area contributed by atoms with Crippen LogP contribution in [0.2, 0.25) is 0 Å². The third-order valence-electron chi connectivity index (χ3n) is 4.64. The summed E-state index contributed by atoms with van der Waals surface area (Å²) in [6, 6.07) is 18.9. The molecule has 0 saturated heterocycles. The van der Waals surface area contributed by atoms with Crippen LogP contribution in [-0.2, 0) is 6.42 Å². The lowest BCUT2D eigenvalue weighted by atomic mass is 10.2. The molecule has 1 N–H and O–H groups in total. The predicted molar refractivity (Wildman–Crippen MR) is 108 cm³/mol. The van der Waals surface area contributed by atoms with Crippen molar-refractivity contribution in [1.29, 1.82) is 0 Å². The molecule has 0 aliphatic carbocycles. The van der Waals surface area contributed by atoms with Crippen molar-refractivity contribution < 1.29 is 0 Å². The van der Waals surface area contributed by atoms with Gasteiger partial charge in [-0.2, -0.15) is 0 Å². The molecule has 0 radical (unpaired) electrons. The van der Waals surface area contributed by atoms with Crippen LogP contribution in [0.25, 0.3) is 0 Å². The number of rotatable bonds is 4. The first-order valence-corrected chi connectivity index (χ1v) is 8.86. The summed E-state index contributed by atoms with van der Waals surface area (Å²) in [4.78, 5) is 13.6. The summed E-state index contributed by atoms with van der Waals surface area (Å²) in [5.74, 6) is 2.52. The SMILES string of the molecule is Cc1nc(Nc2ccc(N(C)C)cc2)cc(N2CCc3ccccc32)n1. The van der Waals surface area contributed by atoms with Gasteiger partial charge in [0.15, 0.2) is 0 Å². The fourth-order valence-corrected chi connectivity index (χ4v) is 3.32. The van der Waals surface area contributed by atoms with Gasteiger partial charge in [-0.15, -0.1) is 0 Å². The van der Waals surface area contributed by atoms with Gasteiger partial charge in [-0.25, -0.2) is 9.97 Å². The maximum atomic E-state index is 4.66. The van der Waals surface area contributed by atoms with Crippen molar-refractivity contribution >= 4 is 28.7 Å². The van der Waals surface area contributed by atoms with Crippen LogP contribution < -0.4 is 15.1 Å². The standard InChI is InChI=1S/C21H23N5/c1-15-22-20(24-17-8-10-18(11-9-17)25(2)3)14-21(23-15)26-13-12-16-6-4-5-7-19(16)26/h4-11,14H,12-13H2,1-3H3,(H,22,23,24). The van der Waals surface area contributed by atoms with E-state index in [0.29, 0.717) is 0 Å². The molecule has 1 aliphatic rings. The van der Waals surface area contributed by atoms with Gasteiger partial charge in [-0.3, -0.25) is 0 Å². The van der Waals surface area contributed by atoms with Crippen molar-refractivity contribution in [2.24, 2.45) is 0 Å². The van der Waals surface area contributed by atoms with Gasteiger partial charge in [0.05, 0.1) is 0 Å². The van der Waals surface area contributed by atoms with Crippen LogP contribution in [-0.4, -0.2) is 30.6 Å². The Morgan fingerprint density at radius 2 is 1.77 bits per heavy atom. The third kappa shape index (κ3) is 3.20. The van der Waals surface area contributed by atoms with E-state index in [1.807, 2.05) is 27.1 Å². The van der Waals surface area contributed by atoms with E-state index >= 15 is 0 Å². The molecule has 0 saturated carbocycles. The van der Waals surface area contributed by atoms with Crippen molar-refractivity contribution in [3.8, 4) is 0 Å². The molecule has 5 nitrogen and oxygen atoms in total. The number of nitrogens with zero attached hydrogens (tertiary/aromatic N) is 4. The Morgan fingerprint density at radius 1 is 1.00 bits per heavy atom. The molecular weight excluding hydrogens is 322 g/mol. The van der Waals surface area contributed by atoms with Crippen molar-refractivity contribution in [2.75, 3.05) is 35.8 Å². The van der Waals surface area contributed by atoms with E-state index in [9.17, 15) is 0 Å². The molecule has 0 atom stereocenters. The second-order valence-electron chi connectivity index (χ2n) is 6.76. The minimum Gasteiger partial charge on any atom is -0.378 e. The summed E-state index contributed by atoms with van der Waals surface area (Å²) in [5, 5.41) is 3.40. The average molecular weight is 345 g/mol. The zero-order chi connectivity index (χ0) is 18.1. The second kappa shape index (κ2) is 6.67. The Balaban J connectivity index is 1.61. The smallest absolute Gasteiger partial charge is 0.138 e. The molecular formula is C21H23N5. The van der Waals surface area contributed by atoms with E-state index in [-0.39, 0.29) is 0 Å². The molecule has 3 aromatic rings. The molecule has 0 spiro atoms. The van der Waals surface area contributed by atoms with Gasteiger partial charge in [0.25, 0.3) is 0 Å². The topological polar surface area (TPSA) is 44.3 Å². The minimum absolute atomic E-state index is 0.763. The summed E-state index contributed by atoms with van der Waals surface area (Å²) in [6.45, 7) is 2.89. The van der Waals surface area contributed by atoms with Gasteiger partial charge in [0, 0.05) is 43.8 Å². The van der Waals surface area contributed by atoms with E-state index in [4.69, 9.17) is 0 Å². The summed E-state index contributed by atoms with van der Waals surface area (Å²) < 4.78 is 0. The van der Waals surface area contributed by atoms with E-state index in [2.05, 4.69) is 73.6 Å². The first-order chi connectivity index (χ1) is 12.6. The Hall–Kier alpha value is -3.08. The molecule has 0 fully saturated rings. The quantitative estimate of drug-likeness (QED) is 0.764. The molecule has 1 aromatic heterocycles. The van der Waals surface area contributed by atoms with Gasteiger partial charge < -0.3 is 15.1 Å². The van der Waals surface area contributed by atoms with Crippen LogP contribution in [0, 0.1) is 6.92 Å². The highest BCUT2D eigenvalue weighted by atomic mass is 15.2. The lowest BCUT2D eigenvalue weighted by Gasteiger charge is -2.20. The van der Waals surface area contributed by atoms with Crippen LogP contribution in [0.1, 0.15) is 11.4 Å². The summed E-state index contributed by atoms with van der Waals surface area (Å²) >= 11 is 0.